The lowest BCUT2D eigenvalue weighted by atomic mass is 10.2. The zero-order valence-corrected chi connectivity index (χ0v) is 19.4. The molecular formula is C21H14BrF4N7O3. The maximum Gasteiger partial charge on any atom is 0.434 e. The van der Waals surface area contributed by atoms with Crippen LogP contribution in [-0.4, -0.2) is 43.7 Å². The van der Waals surface area contributed by atoms with E-state index in [0.717, 1.165) is 12.3 Å². The summed E-state index contributed by atoms with van der Waals surface area (Å²) in [4.78, 5) is 16.7. The van der Waals surface area contributed by atoms with Crippen molar-refractivity contribution in [3.63, 3.8) is 0 Å². The summed E-state index contributed by atoms with van der Waals surface area (Å²) < 4.78 is 60.6. The highest BCUT2D eigenvalue weighted by Crippen LogP contribution is 2.34. The first kappa shape index (κ1) is 25.0. The van der Waals surface area contributed by atoms with Gasteiger partial charge in [-0.3, -0.25) is 4.79 Å². The molecule has 10 nitrogen and oxygen atoms in total. The smallest absolute Gasteiger partial charge is 0.374 e. The highest BCUT2D eigenvalue weighted by atomic mass is 79.9. The number of nitrogens with one attached hydrogen (secondary N) is 2. The van der Waals surface area contributed by atoms with Gasteiger partial charge in [0.25, 0.3) is 5.91 Å². The van der Waals surface area contributed by atoms with E-state index in [1.807, 2.05) is 0 Å². The molecule has 36 heavy (non-hydrogen) atoms. The van der Waals surface area contributed by atoms with Gasteiger partial charge in [0.15, 0.2) is 17.2 Å². The molecule has 0 saturated heterocycles. The number of hydrogen-bond donors (Lipinski definition) is 3. The SMILES string of the molecule is O=C(Nc1nonc1C(=NCO)Nc1ccc(F)c(Br)c1)c1cnn(-c2ccccc2)c1C(F)(F)F. The third kappa shape index (κ3) is 5.26. The van der Waals surface area contributed by atoms with Gasteiger partial charge in [-0.2, -0.15) is 18.3 Å². The van der Waals surface area contributed by atoms with Crippen molar-refractivity contribution in [2.75, 3.05) is 17.4 Å². The van der Waals surface area contributed by atoms with Crippen LogP contribution < -0.4 is 10.6 Å². The second-order valence-electron chi connectivity index (χ2n) is 6.97. The predicted molar refractivity (Wildman–Crippen MR) is 122 cm³/mol. The molecule has 4 aromatic rings. The first-order chi connectivity index (χ1) is 17.2. The van der Waals surface area contributed by atoms with Crippen LogP contribution >= 0.6 is 15.9 Å². The first-order valence-electron chi connectivity index (χ1n) is 9.91. The van der Waals surface area contributed by atoms with Crippen LogP contribution in [0.25, 0.3) is 5.69 Å². The molecule has 0 fully saturated rings. The van der Waals surface area contributed by atoms with Crippen LogP contribution in [0.2, 0.25) is 0 Å². The summed E-state index contributed by atoms with van der Waals surface area (Å²) in [6, 6.07) is 11.3. The lowest BCUT2D eigenvalue weighted by Gasteiger charge is -2.13. The van der Waals surface area contributed by atoms with E-state index in [9.17, 15) is 27.5 Å². The Hall–Kier alpha value is -4.11. The van der Waals surface area contributed by atoms with Gasteiger partial charge in [-0.05, 0) is 56.6 Å². The van der Waals surface area contributed by atoms with E-state index in [4.69, 9.17) is 0 Å². The second kappa shape index (κ2) is 10.2. The van der Waals surface area contributed by atoms with Gasteiger partial charge in [0.05, 0.1) is 21.9 Å². The zero-order chi connectivity index (χ0) is 25.9. The average Bonchev–Trinajstić information content (AvgIpc) is 3.49. The molecule has 0 unspecified atom stereocenters. The summed E-state index contributed by atoms with van der Waals surface area (Å²) in [7, 11) is 0. The number of aliphatic hydroxyl groups is 1. The summed E-state index contributed by atoms with van der Waals surface area (Å²) in [6.07, 6.45) is -4.15. The Morgan fingerprint density at radius 3 is 2.56 bits per heavy atom. The number of anilines is 2. The molecule has 0 saturated carbocycles. The van der Waals surface area contributed by atoms with Crippen molar-refractivity contribution < 1.29 is 32.1 Å². The number of benzene rings is 2. The Morgan fingerprint density at radius 1 is 1.14 bits per heavy atom. The largest absolute Gasteiger partial charge is 0.434 e. The van der Waals surface area contributed by atoms with E-state index in [2.05, 4.69) is 51.6 Å². The predicted octanol–water partition coefficient (Wildman–Crippen LogP) is 4.24. The number of alkyl halides is 3. The molecule has 2 aromatic heterocycles. The number of rotatable bonds is 6. The normalized spacial score (nSPS) is 12.0. The van der Waals surface area contributed by atoms with Crippen molar-refractivity contribution in [3.05, 3.63) is 82.0 Å². The third-order valence-electron chi connectivity index (χ3n) is 4.64. The number of para-hydroxylation sites is 1. The number of halogens is 5. The summed E-state index contributed by atoms with van der Waals surface area (Å²) in [5.41, 5.74) is -1.92. The topological polar surface area (TPSA) is 130 Å². The van der Waals surface area contributed by atoms with Crippen molar-refractivity contribution in [1.82, 2.24) is 20.1 Å². The van der Waals surface area contributed by atoms with Crippen LogP contribution in [-0.2, 0) is 6.18 Å². The van der Waals surface area contributed by atoms with Gasteiger partial charge in [-0.15, -0.1) is 0 Å². The Kier molecular flexibility index (Phi) is 7.12. The minimum atomic E-state index is -4.93. The summed E-state index contributed by atoms with van der Waals surface area (Å²) >= 11 is 3.03. The van der Waals surface area contributed by atoms with Gasteiger partial charge in [0.2, 0.25) is 5.82 Å². The standard InChI is InChI=1S/C21H14BrF4N7O3/c22-14-8-11(6-7-15(14)23)29-18(27-10-34)16-19(32-36-31-16)30-20(35)13-9-28-33(17(13)21(24,25)26)12-4-2-1-3-5-12/h1-9,34H,10H2,(H,27,29)(H,30,32,35). The molecule has 0 aliphatic carbocycles. The fraction of sp³-hybridized carbons (Fsp3) is 0.0952. The molecule has 2 heterocycles. The molecule has 0 aliphatic heterocycles. The molecule has 2 aromatic carbocycles. The van der Waals surface area contributed by atoms with Crippen molar-refractivity contribution in [2.24, 2.45) is 4.99 Å². The molecule has 0 aliphatic rings. The number of carbonyl (C=O) groups excluding carboxylic acids is 1. The van der Waals surface area contributed by atoms with E-state index >= 15 is 0 Å². The minimum Gasteiger partial charge on any atom is -0.374 e. The Bertz CT molecular complexity index is 1420. The van der Waals surface area contributed by atoms with Gasteiger partial charge < -0.3 is 15.7 Å². The summed E-state index contributed by atoms with van der Waals surface area (Å²) in [6.45, 7) is -0.729. The zero-order valence-electron chi connectivity index (χ0n) is 17.8. The number of nitrogens with zero attached hydrogens (tertiary/aromatic N) is 5. The maximum absolute atomic E-state index is 13.9. The molecule has 15 heteroatoms. The van der Waals surface area contributed by atoms with Crippen LogP contribution in [0.3, 0.4) is 0 Å². The molecule has 186 valence electrons. The van der Waals surface area contributed by atoms with Crippen LogP contribution in [0.1, 0.15) is 21.7 Å². The fourth-order valence-electron chi connectivity index (χ4n) is 3.11. The van der Waals surface area contributed by atoms with Gasteiger partial charge in [-0.1, -0.05) is 18.2 Å². The molecule has 0 spiro atoms. The molecular weight excluding hydrogens is 554 g/mol. The lowest BCUT2D eigenvalue weighted by Crippen LogP contribution is -2.23. The molecule has 0 bridgehead atoms. The van der Waals surface area contributed by atoms with E-state index in [-0.39, 0.29) is 27.5 Å². The van der Waals surface area contributed by atoms with Crippen molar-refractivity contribution in [3.8, 4) is 5.69 Å². The number of aliphatic hydroxyl groups excluding tert-OH is 1. The highest BCUT2D eigenvalue weighted by Gasteiger charge is 2.41. The van der Waals surface area contributed by atoms with E-state index in [0.29, 0.717) is 10.4 Å². The molecule has 4 rings (SSSR count). The number of amidine groups is 1. The van der Waals surface area contributed by atoms with Crippen LogP contribution in [0.4, 0.5) is 29.1 Å². The summed E-state index contributed by atoms with van der Waals surface area (Å²) in [5, 5.41) is 25.1. The van der Waals surface area contributed by atoms with E-state index in [1.165, 1.54) is 36.4 Å². The maximum atomic E-state index is 13.9. The molecule has 0 radical (unpaired) electrons. The van der Waals surface area contributed by atoms with E-state index < -0.39 is 35.9 Å². The second-order valence-corrected chi connectivity index (χ2v) is 7.82. The van der Waals surface area contributed by atoms with Crippen molar-refractivity contribution >= 4 is 39.2 Å². The van der Waals surface area contributed by atoms with Gasteiger partial charge in [-0.25, -0.2) is 18.7 Å². The number of carbonyl (C=O) groups is 1. The number of amides is 1. The fourth-order valence-corrected chi connectivity index (χ4v) is 3.49. The third-order valence-corrected chi connectivity index (χ3v) is 5.25. The monoisotopic (exact) mass is 567 g/mol. The molecule has 0 atom stereocenters. The number of aliphatic imine (C=N–C) groups is 1. The van der Waals surface area contributed by atoms with E-state index in [1.54, 1.807) is 6.07 Å². The van der Waals surface area contributed by atoms with Crippen molar-refractivity contribution in [1.29, 1.82) is 0 Å². The quantitative estimate of drug-likeness (QED) is 0.180. The van der Waals surface area contributed by atoms with Gasteiger partial charge in [0, 0.05) is 5.69 Å². The van der Waals surface area contributed by atoms with Crippen molar-refractivity contribution in [2.45, 2.75) is 6.18 Å². The Morgan fingerprint density at radius 2 is 1.89 bits per heavy atom. The van der Waals surface area contributed by atoms with Crippen LogP contribution in [0.15, 0.2) is 68.8 Å². The first-order valence-corrected chi connectivity index (χ1v) is 10.7. The summed E-state index contributed by atoms with van der Waals surface area (Å²) in [5.74, 6) is -2.28. The lowest BCUT2D eigenvalue weighted by molar-refractivity contribution is -0.143. The average molecular weight is 568 g/mol. The highest BCUT2D eigenvalue weighted by molar-refractivity contribution is 9.10. The Labute approximate surface area is 207 Å². The number of aromatic nitrogens is 4. The molecule has 3 N–H and O–H groups in total. The minimum absolute atomic E-state index is 0.0969. The Balaban J connectivity index is 1.65. The number of hydrogen-bond acceptors (Lipinski definition) is 7. The van der Waals surface area contributed by atoms with Gasteiger partial charge >= 0.3 is 6.18 Å². The molecule has 1 amide bonds. The van der Waals surface area contributed by atoms with Crippen LogP contribution in [0.5, 0.6) is 0 Å². The van der Waals surface area contributed by atoms with Crippen LogP contribution in [0, 0.1) is 5.82 Å². The van der Waals surface area contributed by atoms with Gasteiger partial charge in [0.1, 0.15) is 12.5 Å².